The Morgan fingerprint density at radius 1 is 0.528 bits per heavy atom. The molecule has 0 fully saturated rings. The average molecular weight is 493 g/mol. The van der Waals surface area contributed by atoms with Gasteiger partial charge < -0.3 is 0 Å². The molecule has 2 rings (SSSR count). The standard InChI is InChI=1S/C34H56N2/c1-4-5-6-7-8-9-10-11-12-13-16-20-23-32-28-35-34(36-29-32)33-26-24-31(25-27-33)22-19-17-14-15-18-21-30(2)3/h24-30H,4-23H2,1-3H3. The zero-order chi connectivity index (χ0) is 25.7. The summed E-state index contributed by atoms with van der Waals surface area (Å²) in [7, 11) is 0. The van der Waals surface area contributed by atoms with Gasteiger partial charge in [0.1, 0.15) is 0 Å². The monoisotopic (exact) mass is 492 g/mol. The lowest BCUT2D eigenvalue weighted by atomic mass is 10.0. The highest BCUT2D eigenvalue weighted by molar-refractivity contribution is 5.55. The molecule has 0 atom stereocenters. The van der Waals surface area contributed by atoms with Crippen molar-refractivity contribution in [2.45, 2.75) is 149 Å². The Hall–Kier alpha value is -1.70. The van der Waals surface area contributed by atoms with E-state index in [4.69, 9.17) is 0 Å². The first-order valence-corrected chi connectivity index (χ1v) is 15.6. The predicted octanol–water partition coefficient (Wildman–Crippen LogP) is 10.9. The third-order valence-corrected chi connectivity index (χ3v) is 7.48. The molecule has 0 bridgehead atoms. The maximum Gasteiger partial charge on any atom is 0.159 e. The maximum atomic E-state index is 4.66. The van der Waals surface area contributed by atoms with Crippen molar-refractivity contribution >= 4 is 0 Å². The van der Waals surface area contributed by atoms with Gasteiger partial charge in [-0.15, -0.1) is 0 Å². The zero-order valence-electron chi connectivity index (χ0n) is 24.1. The van der Waals surface area contributed by atoms with E-state index in [9.17, 15) is 0 Å². The number of nitrogens with zero attached hydrogens (tertiary/aromatic N) is 2. The molecule has 0 aliphatic rings. The van der Waals surface area contributed by atoms with Gasteiger partial charge in [0.2, 0.25) is 0 Å². The largest absolute Gasteiger partial charge is 0.236 e. The minimum Gasteiger partial charge on any atom is -0.236 e. The van der Waals surface area contributed by atoms with Crippen LogP contribution in [0.1, 0.15) is 147 Å². The number of unbranched alkanes of at least 4 members (excludes halogenated alkanes) is 15. The number of aromatic nitrogens is 2. The highest BCUT2D eigenvalue weighted by Crippen LogP contribution is 2.18. The van der Waals surface area contributed by atoms with Crippen molar-refractivity contribution in [2.24, 2.45) is 5.92 Å². The topological polar surface area (TPSA) is 25.8 Å². The molecule has 0 N–H and O–H groups in total. The summed E-state index contributed by atoms with van der Waals surface area (Å²) in [5, 5.41) is 0. The fraction of sp³-hybridized carbons (Fsp3) is 0.706. The molecular formula is C34H56N2. The third-order valence-electron chi connectivity index (χ3n) is 7.48. The van der Waals surface area contributed by atoms with E-state index in [1.165, 1.54) is 133 Å². The molecule has 36 heavy (non-hydrogen) atoms. The van der Waals surface area contributed by atoms with Crippen molar-refractivity contribution in [3.8, 4) is 11.4 Å². The van der Waals surface area contributed by atoms with Gasteiger partial charge in [-0.1, -0.05) is 148 Å². The fourth-order valence-electron chi connectivity index (χ4n) is 5.04. The number of aryl methyl sites for hydroxylation is 2. The summed E-state index contributed by atoms with van der Waals surface area (Å²) in [6.07, 6.45) is 31.3. The molecule has 0 radical (unpaired) electrons. The first-order valence-electron chi connectivity index (χ1n) is 15.6. The molecule has 0 amide bonds. The second kappa shape index (κ2) is 20.4. The van der Waals surface area contributed by atoms with Crippen LogP contribution in [0.4, 0.5) is 0 Å². The van der Waals surface area contributed by atoms with Crippen LogP contribution in [0, 0.1) is 5.92 Å². The highest BCUT2D eigenvalue weighted by atomic mass is 14.9. The molecule has 0 aliphatic carbocycles. The number of hydrogen-bond acceptors (Lipinski definition) is 2. The molecular weight excluding hydrogens is 436 g/mol. The number of hydrogen-bond donors (Lipinski definition) is 0. The molecule has 0 saturated carbocycles. The second-order valence-electron chi connectivity index (χ2n) is 11.5. The van der Waals surface area contributed by atoms with Crippen LogP contribution in [0.2, 0.25) is 0 Å². The lowest BCUT2D eigenvalue weighted by Crippen LogP contribution is -1.94. The molecule has 2 heteroatoms. The summed E-state index contributed by atoms with van der Waals surface area (Å²) >= 11 is 0. The van der Waals surface area contributed by atoms with Crippen molar-refractivity contribution in [1.29, 1.82) is 0 Å². The lowest BCUT2D eigenvalue weighted by molar-refractivity contribution is 0.515. The first kappa shape index (κ1) is 30.5. The molecule has 0 unspecified atom stereocenters. The highest BCUT2D eigenvalue weighted by Gasteiger charge is 2.03. The molecule has 0 spiro atoms. The van der Waals surface area contributed by atoms with Crippen molar-refractivity contribution in [3.63, 3.8) is 0 Å². The molecule has 0 aliphatic heterocycles. The normalized spacial score (nSPS) is 11.4. The summed E-state index contributed by atoms with van der Waals surface area (Å²) in [6, 6.07) is 8.91. The van der Waals surface area contributed by atoms with Crippen molar-refractivity contribution in [2.75, 3.05) is 0 Å². The van der Waals surface area contributed by atoms with Crippen LogP contribution >= 0.6 is 0 Å². The van der Waals surface area contributed by atoms with Gasteiger partial charge in [-0.2, -0.15) is 0 Å². The Morgan fingerprint density at radius 3 is 1.47 bits per heavy atom. The van der Waals surface area contributed by atoms with Gasteiger partial charge >= 0.3 is 0 Å². The van der Waals surface area contributed by atoms with E-state index in [2.05, 4.69) is 55.0 Å². The van der Waals surface area contributed by atoms with Gasteiger partial charge in [-0.25, -0.2) is 9.97 Å². The third kappa shape index (κ3) is 14.8. The molecule has 1 aromatic heterocycles. The van der Waals surface area contributed by atoms with E-state index in [0.717, 1.165) is 23.7 Å². The summed E-state index contributed by atoms with van der Waals surface area (Å²) in [5.41, 5.74) is 3.84. The molecule has 2 aromatic rings. The van der Waals surface area contributed by atoms with Crippen LogP contribution in [-0.2, 0) is 12.8 Å². The van der Waals surface area contributed by atoms with Gasteiger partial charge in [-0.05, 0) is 42.7 Å². The first-order chi connectivity index (χ1) is 17.7. The van der Waals surface area contributed by atoms with Crippen molar-refractivity contribution in [3.05, 3.63) is 47.8 Å². The molecule has 202 valence electrons. The Labute approximate surface area is 224 Å². The minimum absolute atomic E-state index is 0.850. The van der Waals surface area contributed by atoms with Gasteiger partial charge in [0.05, 0.1) is 0 Å². The number of benzene rings is 1. The Kier molecular flexibility index (Phi) is 17.3. The van der Waals surface area contributed by atoms with E-state index in [0.29, 0.717) is 0 Å². The maximum absolute atomic E-state index is 4.66. The summed E-state index contributed by atoms with van der Waals surface area (Å²) < 4.78 is 0. The van der Waals surface area contributed by atoms with Crippen LogP contribution in [0.15, 0.2) is 36.7 Å². The Morgan fingerprint density at radius 2 is 0.972 bits per heavy atom. The SMILES string of the molecule is CCCCCCCCCCCCCCc1cnc(-c2ccc(CCCCCCCC(C)C)cc2)nc1. The van der Waals surface area contributed by atoms with Crippen LogP contribution in [0.3, 0.4) is 0 Å². The average Bonchev–Trinajstić information content (AvgIpc) is 2.89. The second-order valence-corrected chi connectivity index (χ2v) is 11.5. The number of rotatable bonds is 22. The minimum atomic E-state index is 0.850. The van der Waals surface area contributed by atoms with E-state index in [1.807, 2.05) is 12.4 Å². The van der Waals surface area contributed by atoms with E-state index < -0.39 is 0 Å². The van der Waals surface area contributed by atoms with Crippen LogP contribution in [0.5, 0.6) is 0 Å². The van der Waals surface area contributed by atoms with Gasteiger partial charge in [0, 0.05) is 18.0 Å². The van der Waals surface area contributed by atoms with Gasteiger partial charge in [0.25, 0.3) is 0 Å². The van der Waals surface area contributed by atoms with Gasteiger partial charge in [-0.3, -0.25) is 0 Å². The van der Waals surface area contributed by atoms with E-state index in [1.54, 1.807) is 0 Å². The quantitative estimate of drug-likeness (QED) is 0.153. The zero-order valence-corrected chi connectivity index (χ0v) is 24.1. The lowest BCUT2D eigenvalue weighted by Gasteiger charge is -2.06. The van der Waals surface area contributed by atoms with Crippen molar-refractivity contribution in [1.82, 2.24) is 9.97 Å². The predicted molar refractivity (Wildman–Crippen MR) is 158 cm³/mol. The fourth-order valence-corrected chi connectivity index (χ4v) is 5.04. The van der Waals surface area contributed by atoms with Gasteiger partial charge in [0.15, 0.2) is 5.82 Å². The molecule has 2 nitrogen and oxygen atoms in total. The van der Waals surface area contributed by atoms with Crippen LogP contribution in [-0.4, -0.2) is 9.97 Å². The summed E-state index contributed by atoms with van der Waals surface area (Å²) in [6.45, 7) is 6.94. The summed E-state index contributed by atoms with van der Waals surface area (Å²) in [5.74, 6) is 1.70. The van der Waals surface area contributed by atoms with E-state index in [-0.39, 0.29) is 0 Å². The molecule has 1 heterocycles. The molecule has 0 saturated heterocycles. The Balaban J connectivity index is 1.53. The van der Waals surface area contributed by atoms with Crippen LogP contribution in [0.25, 0.3) is 11.4 Å². The van der Waals surface area contributed by atoms with Crippen molar-refractivity contribution < 1.29 is 0 Å². The smallest absolute Gasteiger partial charge is 0.159 e. The van der Waals surface area contributed by atoms with Crippen LogP contribution < -0.4 is 0 Å². The Bertz CT molecular complexity index is 748. The summed E-state index contributed by atoms with van der Waals surface area (Å²) in [4.78, 5) is 9.32. The molecule has 1 aromatic carbocycles. The van der Waals surface area contributed by atoms with E-state index >= 15 is 0 Å².